The standard InChI is InChI=1S/C14H17NO4/c1-8-3-6-11(14(17)18)12(7-8)19-9(2)13(16)15-10-4-5-10/h3,6-7,9-10H,4-5H2,1-2H3,(H,15,16)(H,17,18). The minimum Gasteiger partial charge on any atom is -0.480 e. The highest BCUT2D eigenvalue weighted by Gasteiger charge is 2.27. The van der Waals surface area contributed by atoms with Crippen LogP contribution in [0.1, 0.15) is 35.7 Å². The first-order chi connectivity index (χ1) is 8.97. The van der Waals surface area contributed by atoms with Gasteiger partial charge >= 0.3 is 5.97 Å². The second-order valence-corrected chi connectivity index (χ2v) is 4.85. The fraction of sp³-hybridized carbons (Fsp3) is 0.429. The van der Waals surface area contributed by atoms with Gasteiger partial charge in [-0.15, -0.1) is 0 Å². The summed E-state index contributed by atoms with van der Waals surface area (Å²) in [5.41, 5.74) is 0.950. The zero-order valence-corrected chi connectivity index (χ0v) is 11.0. The molecule has 5 nitrogen and oxygen atoms in total. The third-order valence-electron chi connectivity index (χ3n) is 2.96. The Balaban J connectivity index is 2.10. The lowest BCUT2D eigenvalue weighted by atomic mass is 10.1. The van der Waals surface area contributed by atoms with Gasteiger partial charge in [0.15, 0.2) is 6.10 Å². The Kier molecular flexibility index (Phi) is 3.74. The van der Waals surface area contributed by atoms with Crippen molar-refractivity contribution >= 4 is 11.9 Å². The maximum atomic E-state index is 11.8. The van der Waals surface area contributed by atoms with E-state index in [1.807, 2.05) is 6.92 Å². The zero-order valence-electron chi connectivity index (χ0n) is 11.0. The van der Waals surface area contributed by atoms with Crippen molar-refractivity contribution in [3.05, 3.63) is 29.3 Å². The molecule has 1 amide bonds. The minimum absolute atomic E-state index is 0.0664. The van der Waals surface area contributed by atoms with Crippen LogP contribution in [0, 0.1) is 6.92 Å². The lowest BCUT2D eigenvalue weighted by Crippen LogP contribution is -2.37. The van der Waals surface area contributed by atoms with Crippen LogP contribution in [0.4, 0.5) is 0 Å². The van der Waals surface area contributed by atoms with Crippen molar-refractivity contribution in [2.75, 3.05) is 0 Å². The van der Waals surface area contributed by atoms with Crippen LogP contribution < -0.4 is 10.1 Å². The normalized spacial score (nSPS) is 15.7. The molecule has 2 N–H and O–H groups in total. The van der Waals surface area contributed by atoms with Gasteiger partial charge in [0, 0.05) is 6.04 Å². The molecule has 0 spiro atoms. The Morgan fingerprint density at radius 1 is 1.42 bits per heavy atom. The Labute approximate surface area is 111 Å². The average molecular weight is 263 g/mol. The van der Waals surface area contributed by atoms with E-state index < -0.39 is 12.1 Å². The predicted molar refractivity (Wildman–Crippen MR) is 69.4 cm³/mol. The number of carbonyl (C=O) groups is 2. The van der Waals surface area contributed by atoms with E-state index in [0.717, 1.165) is 18.4 Å². The molecule has 1 unspecified atom stereocenters. The van der Waals surface area contributed by atoms with E-state index in [1.54, 1.807) is 19.1 Å². The number of carboxylic acid groups (broad SMARTS) is 1. The van der Waals surface area contributed by atoms with Gasteiger partial charge in [0.25, 0.3) is 5.91 Å². The number of carboxylic acids is 1. The van der Waals surface area contributed by atoms with Crippen LogP contribution in [-0.4, -0.2) is 29.1 Å². The van der Waals surface area contributed by atoms with Crippen LogP contribution in [0.25, 0.3) is 0 Å². The molecule has 1 aromatic rings. The summed E-state index contributed by atoms with van der Waals surface area (Å²) in [4.78, 5) is 22.9. The third kappa shape index (κ3) is 3.47. The third-order valence-corrected chi connectivity index (χ3v) is 2.96. The monoisotopic (exact) mass is 263 g/mol. The topological polar surface area (TPSA) is 75.6 Å². The van der Waals surface area contributed by atoms with E-state index in [2.05, 4.69) is 5.32 Å². The van der Waals surface area contributed by atoms with Gasteiger partial charge in [0.1, 0.15) is 11.3 Å². The van der Waals surface area contributed by atoms with E-state index in [-0.39, 0.29) is 23.3 Å². The molecule has 0 radical (unpaired) electrons. The van der Waals surface area contributed by atoms with E-state index in [9.17, 15) is 9.59 Å². The molecule has 19 heavy (non-hydrogen) atoms. The molecule has 1 fully saturated rings. The molecule has 5 heteroatoms. The predicted octanol–water partition coefficient (Wildman–Crippen LogP) is 1.74. The maximum absolute atomic E-state index is 11.8. The second-order valence-electron chi connectivity index (χ2n) is 4.85. The number of rotatable bonds is 5. The van der Waals surface area contributed by atoms with Crippen molar-refractivity contribution in [1.82, 2.24) is 5.32 Å². The molecule has 0 aromatic heterocycles. The molecule has 0 heterocycles. The van der Waals surface area contributed by atoms with Gasteiger partial charge in [0.2, 0.25) is 0 Å². The summed E-state index contributed by atoms with van der Waals surface area (Å²) in [5, 5.41) is 11.9. The summed E-state index contributed by atoms with van der Waals surface area (Å²) in [6, 6.07) is 5.07. The van der Waals surface area contributed by atoms with Crippen molar-refractivity contribution in [2.24, 2.45) is 0 Å². The number of aromatic carboxylic acids is 1. The Morgan fingerprint density at radius 2 is 2.11 bits per heavy atom. The number of nitrogens with one attached hydrogen (secondary N) is 1. The van der Waals surface area contributed by atoms with Crippen molar-refractivity contribution in [3.63, 3.8) is 0 Å². The van der Waals surface area contributed by atoms with E-state index in [0.29, 0.717) is 0 Å². The van der Waals surface area contributed by atoms with E-state index >= 15 is 0 Å². The van der Waals surface area contributed by atoms with Gasteiger partial charge in [-0.3, -0.25) is 4.79 Å². The quantitative estimate of drug-likeness (QED) is 0.848. The first-order valence-corrected chi connectivity index (χ1v) is 6.28. The summed E-state index contributed by atoms with van der Waals surface area (Å²) in [6.07, 6.45) is 1.30. The Bertz CT molecular complexity index is 508. The molecular weight excluding hydrogens is 246 g/mol. The lowest BCUT2D eigenvalue weighted by molar-refractivity contribution is -0.127. The maximum Gasteiger partial charge on any atom is 0.339 e. The highest BCUT2D eigenvalue weighted by molar-refractivity contribution is 5.91. The van der Waals surface area contributed by atoms with E-state index in [4.69, 9.17) is 9.84 Å². The van der Waals surface area contributed by atoms with Crippen LogP contribution in [0.3, 0.4) is 0 Å². The lowest BCUT2D eigenvalue weighted by Gasteiger charge is -2.16. The number of aryl methyl sites for hydroxylation is 1. The molecule has 1 aliphatic rings. The molecule has 1 saturated carbocycles. The summed E-state index contributed by atoms with van der Waals surface area (Å²) >= 11 is 0. The smallest absolute Gasteiger partial charge is 0.339 e. The van der Waals surface area contributed by atoms with Crippen molar-refractivity contribution in [3.8, 4) is 5.75 Å². The Hall–Kier alpha value is -2.04. The molecule has 1 aromatic carbocycles. The molecule has 0 bridgehead atoms. The number of ether oxygens (including phenoxy) is 1. The van der Waals surface area contributed by atoms with Crippen LogP contribution in [0.2, 0.25) is 0 Å². The average Bonchev–Trinajstić information content (AvgIpc) is 3.12. The van der Waals surface area contributed by atoms with Crippen LogP contribution in [-0.2, 0) is 4.79 Å². The molecule has 1 aliphatic carbocycles. The number of carbonyl (C=O) groups excluding carboxylic acids is 1. The summed E-state index contributed by atoms with van der Waals surface area (Å²) in [6.45, 7) is 3.46. The Morgan fingerprint density at radius 3 is 2.68 bits per heavy atom. The first-order valence-electron chi connectivity index (χ1n) is 6.28. The van der Waals surface area contributed by atoms with Crippen LogP contribution in [0.5, 0.6) is 5.75 Å². The van der Waals surface area contributed by atoms with Gasteiger partial charge < -0.3 is 15.2 Å². The summed E-state index contributed by atoms with van der Waals surface area (Å²) in [7, 11) is 0. The number of amides is 1. The van der Waals surface area contributed by atoms with Gasteiger partial charge in [-0.25, -0.2) is 4.79 Å². The minimum atomic E-state index is -1.06. The summed E-state index contributed by atoms with van der Waals surface area (Å²) in [5.74, 6) is -1.05. The first kappa shape index (κ1) is 13.4. The molecule has 0 saturated heterocycles. The van der Waals surface area contributed by atoms with Crippen LogP contribution >= 0.6 is 0 Å². The van der Waals surface area contributed by atoms with Gasteiger partial charge in [0.05, 0.1) is 0 Å². The highest BCUT2D eigenvalue weighted by atomic mass is 16.5. The zero-order chi connectivity index (χ0) is 14.0. The van der Waals surface area contributed by atoms with Crippen molar-refractivity contribution < 1.29 is 19.4 Å². The van der Waals surface area contributed by atoms with Crippen molar-refractivity contribution in [1.29, 1.82) is 0 Å². The molecule has 102 valence electrons. The van der Waals surface area contributed by atoms with Crippen LogP contribution in [0.15, 0.2) is 18.2 Å². The highest BCUT2D eigenvalue weighted by Crippen LogP contribution is 2.23. The van der Waals surface area contributed by atoms with Gasteiger partial charge in [-0.1, -0.05) is 6.07 Å². The molecule has 2 rings (SSSR count). The van der Waals surface area contributed by atoms with Crippen molar-refractivity contribution in [2.45, 2.75) is 38.8 Å². The number of benzene rings is 1. The summed E-state index contributed by atoms with van der Waals surface area (Å²) < 4.78 is 5.49. The molecule has 0 aliphatic heterocycles. The second kappa shape index (κ2) is 5.30. The van der Waals surface area contributed by atoms with E-state index in [1.165, 1.54) is 6.07 Å². The number of hydrogen-bond acceptors (Lipinski definition) is 3. The van der Waals surface area contributed by atoms with Gasteiger partial charge in [-0.2, -0.15) is 0 Å². The molecule has 1 atom stereocenters. The fourth-order valence-corrected chi connectivity index (χ4v) is 1.69. The SMILES string of the molecule is Cc1ccc(C(=O)O)c(OC(C)C(=O)NC2CC2)c1. The van der Waals surface area contributed by atoms with Gasteiger partial charge in [-0.05, 0) is 44.4 Å². The fourth-order valence-electron chi connectivity index (χ4n) is 1.69. The largest absolute Gasteiger partial charge is 0.480 e. The molecular formula is C14H17NO4. The number of hydrogen-bond donors (Lipinski definition) is 2.